The molecule has 0 spiro atoms. The number of ether oxygens (including phenoxy) is 5. The lowest BCUT2D eigenvalue weighted by molar-refractivity contribution is -0.264. The molecular formula is C35H36O6. The van der Waals surface area contributed by atoms with Gasteiger partial charge in [0.15, 0.2) is 6.29 Å². The van der Waals surface area contributed by atoms with Crippen molar-refractivity contribution in [3.63, 3.8) is 0 Å². The normalized spacial score (nSPS) is 22.3. The molecule has 5 rings (SSSR count). The molecule has 4 aromatic rings. The van der Waals surface area contributed by atoms with E-state index in [0.29, 0.717) is 26.4 Å². The van der Waals surface area contributed by atoms with E-state index in [1.54, 1.807) is 0 Å². The molecule has 1 heterocycles. The molecule has 0 aromatic heterocycles. The first-order valence-corrected chi connectivity index (χ1v) is 14.0. The molecule has 1 fully saturated rings. The summed E-state index contributed by atoms with van der Waals surface area (Å²) in [7, 11) is 0. The molecule has 0 unspecified atom stereocenters. The van der Waals surface area contributed by atoms with Crippen LogP contribution in [-0.2, 0) is 54.9 Å². The summed E-state index contributed by atoms with van der Waals surface area (Å²) in [6.07, 6.45) is -2.41. The van der Waals surface area contributed by atoms with Crippen LogP contribution in [0.15, 0.2) is 121 Å². The Morgan fingerprint density at radius 1 is 0.512 bits per heavy atom. The van der Waals surface area contributed by atoms with Gasteiger partial charge < -0.3 is 28.5 Å². The zero-order valence-corrected chi connectivity index (χ0v) is 23.0. The van der Waals surface area contributed by atoms with Crippen molar-refractivity contribution in [3.05, 3.63) is 144 Å². The SMILES string of the molecule is O=C[C@H]1O[C@H](COCc2ccccc2)[C@H](OCc2ccccc2)[C@H](OCc2ccccc2)[C@H]1OCc1ccccc1. The van der Waals surface area contributed by atoms with Gasteiger partial charge in [-0.15, -0.1) is 0 Å². The summed E-state index contributed by atoms with van der Waals surface area (Å²) in [5.74, 6) is 0. The second kappa shape index (κ2) is 15.4. The van der Waals surface area contributed by atoms with Crippen molar-refractivity contribution in [2.24, 2.45) is 0 Å². The van der Waals surface area contributed by atoms with Crippen LogP contribution in [0.2, 0.25) is 0 Å². The van der Waals surface area contributed by atoms with Crippen LogP contribution in [0.5, 0.6) is 0 Å². The molecule has 1 aliphatic heterocycles. The third-order valence-corrected chi connectivity index (χ3v) is 7.05. The molecule has 0 saturated carbocycles. The molecule has 6 heteroatoms. The van der Waals surface area contributed by atoms with Crippen LogP contribution in [0.3, 0.4) is 0 Å². The third kappa shape index (κ3) is 8.43. The highest BCUT2D eigenvalue weighted by Gasteiger charge is 2.48. The second-order valence-corrected chi connectivity index (χ2v) is 10.1. The van der Waals surface area contributed by atoms with Gasteiger partial charge in [0.25, 0.3) is 0 Å². The van der Waals surface area contributed by atoms with Gasteiger partial charge in [0.1, 0.15) is 30.5 Å². The van der Waals surface area contributed by atoms with Crippen molar-refractivity contribution in [2.75, 3.05) is 6.61 Å². The summed E-state index contributed by atoms with van der Waals surface area (Å²) in [4.78, 5) is 12.4. The average Bonchev–Trinajstić information content (AvgIpc) is 3.04. The molecule has 1 aliphatic rings. The largest absolute Gasteiger partial charge is 0.374 e. The molecule has 6 nitrogen and oxygen atoms in total. The van der Waals surface area contributed by atoms with E-state index in [-0.39, 0.29) is 6.61 Å². The van der Waals surface area contributed by atoms with Crippen LogP contribution in [0.25, 0.3) is 0 Å². The fraction of sp³-hybridized carbons (Fsp3) is 0.286. The summed E-state index contributed by atoms with van der Waals surface area (Å²) in [5.41, 5.74) is 4.09. The van der Waals surface area contributed by atoms with E-state index in [2.05, 4.69) is 0 Å². The second-order valence-electron chi connectivity index (χ2n) is 10.1. The van der Waals surface area contributed by atoms with Gasteiger partial charge >= 0.3 is 0 Å². The van der Waals surface area contributed by atoms with E-state index >= 15 is 0 Å². The first-order chi connectivity index (χ1) is 20.3. The maximum atomic E-state index is 12.4. The summed E-state index contributed by atoms with van der Waals surface area (Å²) < 4.78 is 31.9. The molecule has 0 amide bonds. The van der Waals surface area contributed by atoms with Crippen molar-refractivity contribution in [1.29, 1.82) is 0 Å². The molecule has 212 valence electrons. The van der Waals surface area contributed by atoms with Gasteiger partial charge in [-0.3, -0.25) is 0 Å². The molecule has 4 aromatic carbocycles. The topological polar surface area (TPSA) is 63.2 Å². The minimum Gasteiger partial charge on any atom is -0.374 e. The number of hydrogen-bond acceptors (Lipinski definition) is 6. The number of rotatable bonds is 14. The summed E-state index contributed by atoms with van der Waals surface area (Å²) >= 11 is 0. The van der Waals surface area contributed by atoms with Crippen molar-refractivity contribution >= 4 is 6.29 Å². The van der Waals surface area contributed by atoms with Crippen LogP contribution in [-0.4, -0.2) is 43.4 Å². The Morgan fingerprint density at radius 2 is 0.902 bits per heavy atom. The Labute approximate surface area is 241 Å². The van der Waals surface area contributed by atoms with Gasteiger partial charge in [0.2, 0.25) is 0 Å². The zero-order valence-electron chi connectivity index (χ0n) is 23.0. The van der Waals surface area contributed by atoms with Gasteiger partial charge in [0.05, 0.1) is 33.0 Å². The van der Waals surface area contributed by atoms with Gasteiger partial charge in [0, 0.05) is 0 Å². The van der Waals surface area contributed by atoms with E-state index in [4.69, 9.17) is 23.7 Å². The van der Waals surface area contributed by atoms with Crippen molar-refractivity contribution < 1.29 is 28.5 Å². The van der Waals surface area contributed by atoms with Gasteiger partial charge in [-0.1, -0.05) is 121 Å². The smallest absolute Gasteiger partial charge is 0.151 e. The number of carbonyl (C=O) groups is 1. The zero-order chi connectivity index (χ0) is 28.1. The van der Waals surface area contributed by atoms with Crippen LogP contribution in [0, 0.1) is 0 Å². The molecule has 0 N–H and O–H groups in total. The minimum atomic E-state index is -0.846. The Hall–Kier alpha value is -3.65. The molecule has 0 aliphatic carbocycles. The quantitative estimate of drug-likeness (QED) is 0.181. The third-order valence-electron chi connectivity index (χ3n) is 7.05. The molecule has 0 radical (unpaired) electrons. The maximum absolute atomic E-state index is 12.4. The first-order valence-electron chi connectivity index (χ1n) is 14.0. The number of hydrogen-bond donors (Lipinski definition) is 0. The van der Waals surface area contributed by atoms with Crippen LogP contribution >= 0.6 is 0 Å². The highest BCUT2D eigenvalue weighted by atomic mass is 16.6. The lowest BCUT2D eigenvalue weighted by Crippen LogP contribution is -2.61. The van der Waals surface area contributed by atoms with Crippen molar-refractivity contribution in [1.82, 2.24) is 0 Å². The predicted molar refractivity (Wildman–Crippen MR) is 156 cm³/mol. The van der Waals surface area contributed by atoms with E-state index in [9.17, 15) is 4.79 Å². The van der Waals surface area contributed by atoms with E-state index in [0.717, 1.165) is 28.5 Å². The Balaban J connectivity index is 1.39. The van der Waals surface area contributed by atoms with Crippen molar-refractivity contribution in [3.8, 4) is 0 Å². The Bertz CT molecular complexity index is 1290. The van der Waals surface area contributed by atoms with Gasteiger partial charge in [-0.2, -0.15) is 0 Å². The summed E-state index contributed by atoms with van der Waals surface area (Å²) in [6.45, 7) is 1.65. The fourth-order valence-corrected chi connectivity index (χ4v) is 4.93. The summed E-state index contributed by atoms with van der Waals surface area (Å²) in [6, 6.07) is 39.7. The van der Waals surface area contributed by atoms with E-state index < -0.39 is 30.5 Å². The maximum Gasteiger partial charge on any atom is 0.151 e. The molecule has 0 bridgehead atoms. The fourth-order valence-electron chi connectivity index (χ4n) is 4.93. The minimum absolute atomic E-state index is 0.231. The highest BCUT2D eigenvalue weighted by Crippen LogP contribution is 2.30. The highest BCUT2D eigenvalue weighted by molar-refractivity contribution is 5.58. The van der Waals surface area contributed by atoms with Crippen LogP contribution in [0.4, 0.5) is 0 Å². The number of aldehydes is 1. The molecule has 5 atom stereocenters. The van der Waals surface area contributed by atoms with Crippen LogP contribution < -0.4 is 0 Å². The molecular weight excluding hydrogens is 516 g/mol. The van der Waals surface area contributed by atoms with Crippen LogP contribution in [0.1, 0.15) is 22.3 Å². The monoisotopic (exact) mass is 552 g/mol. The van der Waals surface area contributed by atoms with Gasteiger partial charge in [-0.05, 0) is 22.3 Å². The lowest BCUT2D eigenvalue weighted by Gasteiger charge is -2.44. The Kier molecular flexibility index (Phi) is 10.8. The lowest BCUT2D eigenvalue weighted by atomic mass is 9.94. The standard InChI is InChI=1S/C35H36O6/c36-21-31-33(38-23-28-15-7-2-8-16-28)35(40-25-30-19-11-4-12-20-30)34(39-24-29-17-9-3-10-18-29)32(41-31)26-37-22-27-13-5-1-6-14-27/h1-21,31-35H,22-26H2/t31-,32-,33+,34+,35-/m1/s1. The van der Waals surface area contributed by atoms with Gasteiger partial charge in [-0.25, -0.2) is 0 Å². The number of benzene rings is 4. The number of carbonyl (C=O) groups excluding carboxylic acids is 1. The molecule has 41 heavy (non-hydrogen) atoms. The average molecular weight is 553 g/mol. The first kappa shape index (κ1) is 28.9. The van der Waals surface area contributed by atoms with E-state index in [1.165, 1.54) is 0 Å². The summed E-state index contributed by atoms with van der Waals surface area (Å²) in [5, 5.41) is 0. The van der Waals surface area contributed by atoms with E-state index in [1.807, 2.05) is 121 Å². The predicted octanol–water partition coefficient (Wildman–Crippen LogP) is 5.93. The Morgan fingerprint density at radius 3 is 1.34 bits per heavy atom. The van der Waals surface area contributed by atoms with Crippen molar-refractivity contribution in [2.45, 2.75) is 56.9 Å². The molecule has 1 saturated heterocycles.